The average Bonchev–Trinajstić information content (AvgIpc) is 2.98. The van der Waals surface area contributed by atoms with E-state index in [1.165, 1.54) is 11.8 Å². The van der Waals surface area contributed by atoms with Crippen LogP contribution in [0.15, 0.2) is 47.1 Å². The number of benzene rings is 1. The second-order valence-electron chi connectivity index (χ2n) is 4.82. The molecule has 1 amide bonds. The van der Waals surface area contributed by atoms with Crippen LogP contribution < -0.4 is 5.32 Å². The van der Waals surface area contributed by atoms with Crippen molar-refractivity contribution in [1.29, 1.82) is 0 Å². The van der Waals surface area contributed by atoms with Crippen molar-refractivity contribution in [1.82, 2.24) is 5.32 Å². The fraction of sp³-hybridized carbons (Fsp3) is 0.312. The molecule has 1 atom stereocenters. The molecule has 20 heavy (non-hydrogen) atoms. The van der Waals surface area contributed by atoms with Gasteiger partial charge in [-0.1, -0.05) is 29.8 Å². The van der Waals surface area contributed by atoms with E-state index in [1.807, 2.05) is 31.2 Å². The number of furan rings is 1. The van der Waals surface area contributed by atoms with E-state index in [4.69, 9.17) is 4.42 Å². The van der Waals surface area contributed by atoms with Crippen molar-refractivity contribution in [3.63, 3.8) is 0 Å². The number of carbonyl (C=O) groups excluding carboxylic acids is 1. The minimum absolute atomic E-state index is 0.0730. The number of aryl methyl sites for hydroxylation is 2. The molecule has 1 aromatic carbocycles. The number of hydrogen-bond acceptors (Lipinski definition) is 3. The third kappa shape index (κ3) is 4.24. The number of hydrogen-bond donors (Lipinski definition) is 2. The lowest BCUT2D eigenvalue weighted by molar-refractivity contribution is -0.121. The molecule has 1 heterocycles. The molecule has 1 aromatic heterocycles. The average molecular weight is 273 g/mol. The molecule has 4 heteroatoms. The molecule has 2 N–H and O–H groups in total. The molecule has 0 saturated heterocycles. The highest BCUT2D eigenvalue weighted by Gasteiger charge is 2.11. The Bertz CT molecular complexity index is 531. The SMILES string of the molecule is Cc1ccc(CCC(=O)NCC(O)c2ccco2)cc1. The molecule has 0 saturated carbocycles. The molecular formula is C16H19NO3. The van der Waals surface area contributed by atoms with Crippen LogP contribution in [-0.2, 0) is 11.2 Å². The topological polar surface area (TPSA) is 62.5 Å². The van der Waals surface area contributed by atoms with Crippen LogP contribution in [0, 0.1) is 6.92 Å². The molecule has 0 bridgehead atoms. The van der Waals surface area contributed by atoms with E-state index in [-0.39, 0.29) is 12.5 Å². The quantitative estimate of drug-likeness (QED) is 0.849. The first-order valence-electron chi connectivity index (χ1n) is 6.69. The van der Waals surface area contributed by atoms with E-state index in [2.05, 4.69) is 5.32 Å². The molecule has 0 radical (unpaired) electrons. The van der Waals surface area contributed by atoms with E-state index >= 15 is 0 Å². The number of carbonyl (C=O) groups is 1. The van der Waals surface area contributed by atoms with Gasteiger partial charge >= 0.3 is 0 Å². The standard InChI is InChI=1S/C16H19NO3/c1-12-4-6-13(7-5-12)8-9-16(19)17-11-14(18)15-3-2-10-20-15/h2-7,10,14,18H,8-9,11H2,1H3,(H,17,19). The van der Waals surface area contributed by atoms with Crippen LogP contribution in [0.3, 0.4) is 0 Å². The molecule has 0 aliphatic carbocycles. The monoisotopic (exact) mass is 273 g/mol. The van der Waals surface area contributed by atoms with Gasteiger partial charge in [-0.05, 0) is 31.0 Å². The Hall–Kier alpha value is -2.07. The highest BCUT2D eigenvalue weighted by Crippen LogP contribution is 2.11. The zero-order valence-electron chi connectivity index (χ0n) is 11.5. The summed E-state index contributed by atoms with van der Waals surface area (Å²) in [5.41, 5.74) is 2.34. The lowest BCUT2D eigenvalue weighted by atomic mass is 10.1. The van der Waals surface area contributed by atoms with Gasteiger partial charge in [0.25, 0.3) is 0 Å². The van der Waals surface area contributed by atoms with Gasteiger partial charge in [0.05, 0.1) is 12.8 Å². The molecular weight excluding hydrogens is 254 g/mol. The van der Waals surface area contributed by atoms with Crippen molar-refractivity contribution in [2.75, 3.05) is 6.54 Å². The van der Waals surface area contributed by atoms with Gasteiger partial charge in [-0.3, -0.25) is 4.79 Å². The van der Waals surface area contributed by atoms with Crippen molar-refractivity contribution >= 4 is 5.91 Å². The summed E-state index contributed by atoms with van der Waals surface area (Å²) < 4.78 is 5.07. The van der Waals surface area contributed by atoms with Gasteiger partial charge in [0.15, 0.2) is 0 Å². The highest BCUT2D eigenvalue weighted by molar-refractivity contribution is 5.76. The number of nitrogens with one attached hydrogen (secondary N) is 1. The van der Waals surface area contributed by atoms with E-state index < -0.39 is 6.10 Å². The number of rotatable bonds is 6. The van der Waals surface area contributed by atoms with Gasteiger partial charge in [-0.15, -0.1) is 0 Å². The number of aliphatic hydroxyl groups excluding tert-OH is 1. The van der Waals surface area contributed by atoms with Crippen LogP contribution in [0.1, 0.15) is 29.4 Å². The van der Waals surface area contributed by atoms with Gasteiger partial charge in [-0.25, -0.2) is 0 Å². The van der Waals surface area contributed by atoms with Gasteiger partial charge < -0.3 is 14.8 Å². The summed E-state index contributed by atoms with van der Waals surface area (Å²) in [6.07, 6.45) is 1.81. The predicted molar refractivity (Wildman–Crippen MR) is 76.2 cm³/mol. The lowest BCUT2D eigenvalue weighted by Gasteiger charge is -2.09. The van der Waals surface area contributed by atoms with Crippen molar-refractivity contribution in [2.24, 2.45) is 0 Å². The van der Waals surface area contributed by atoms with Crippen LogP contribution in [0.4, 0.5) is 0 Å². The highest BCUT2D eigenvalue weighted by atomic mass is 16.4. The van der Waals surface area contributed by atoms with Gasteiger partial charge in [0, 0.05) is 6.42 Å². The van der Waals surface area contributed by atoms with Gasteiger partial charge in [0.1, 0.15) is 11.9 Å². The molecule has 0 spiro atoms. The molecule has 106 valence electrons. The fourth-order valence-corrected chi connectivity index (χ4v) is 1.89. The van der Waals surface area contributed by atoms with Crippen molar-refractivity contribution in [3.8, 4) is 0 Å². The molecule has 4 nitrogen and oxygen atoms in total. The second kappa shape index (κ2) is 6.91. The third-order valence-electron chi connectivity index (χ3n) is 3.13. The molecule has 0 fully saturated rings. The smallest absolute Gasteiger partial charge is 0.220 e. The Morgan fingerprint density at radius 1 is 1.30 bits per heavy atom. The summed E-state index contributed by atoms with van der Waals surface area (Å²) in [5.74, 6) is 0.389. The second-order valence-corrected chi connectivity index (χ2v) is 4.82. The van der Waals surface area contributed by atoms with Gasteiger partial charge in [-0.2, -0.15) is 0 Å². The molecule has 0 aliphatic rings. The Labute approximate surface area is 118 Å². The summed E-state index contributed by atoms with van der Waals surface area (Å²) in [5, 5.41) is 12.5. The van der Waals surface area contributed by atoms with Crippen LogP contribution in [-0.4, -0.2) is 17.6 Å². The van der Waals surface area contributed by atoms with E-state index in [1.54, 1.807) is 12.1 Å². The maximum absolute atomic E-state index is 11.7. The van der Waals surface area contributed by atoms with E-state index in [9.17, 15) is 9.90 Å². The largest absolute Gasteiger partial charge is 0.467 e. The minimum atomic E-state index is -0.798. The Kier molecular flexibility index (Phi) is 4.96. The third-order valence-corrected chi connectivity index (χ3v) is 3.13. The first kappa shape index (κ1) is 14.3. The first-order valence-corrected chi connectivity index (χ1v) is 6.69. The van der Waals surface area contributed by atoms with E-state index in [0.29, 0.717) is 18.6 Å². The van der Waals surface area contributed by atoms with Crippen molar-refractivity contribution < 1.29 is 14.3 Å². The summed E-state index contributed by atoms with van der Waals surface area (Å²) in [4.78, 5) is 11.7. The molecule has 2 aromatic rings. The predicted octanol–water partition coefficient (Wildman–Crippen LogP) is 2.37. The number of aliphatic hydroxyl groups is 1. The maximum atomic E-state index is 11.7. The minimum Gasteiger partial charge on any atom is -0.467 e. The van der Waals surface area contributed by atoms with Crippen molar-refractivity contribution in [3.05, 3.63) is 59.5 Å². The van der Waals surface area contributed by atoms with Crippen LogP contribution in [0.2, 0.25) is 0 Å². The van der Waals surface area contributed by atoms with Crippen LogP contribution in [0.25, 0.3) is 0 Å². The van der Waals surface area contributed by atoms with Crippen LogP contribution in [0.5, 0.6) is 0 Å². The Morgan fingerprint density at radius 2 is 2.05 bits per heavy atom. The van der Waals surface area contributed by atoms with Gasteiger partial charge in [0.2, 0.25) is 5.91 Å². The molecule has 2 rings (SSSR count). The van der Waals surface area contributed by atoms with Crippen LogP contribution >= 0.6 is 0 Å². The molecule has 0 aliphatic heterocycles. The summed E-state index contributed by atoms with van der Waals surface area (Å²) >= 11 is 0. The number of amides is 1. The zero-order chi connectivity index (χ0) is 14.4. The first-order chi connectivity index (χ1) is 9.65. The Balaban J connectivity index is 1.71. The maximum Gasteiger partial charge on any atom is 0.220 e. The lowest BCUT2D eigenvalue weighted by Crippen LogP contribution is -2.28. The van der Waals surface area contributed by atoms with Crippen molar-refractivity contribution in [2.45, 2.75) is 25.9 Å². The summed E-state index contributed by atoms with van der Waals surface area (Å²) in [6, 6.07) is 11.5. The normalized spacial score (nSPS) is 12.1. The Morgan fingerprint density at radius 3 is 2.70 bits per heavy atom. The fourth-order valence-electron chi connectivity index (χ4n) is 1.89. The molecule has 1 unspecified atom stereocenters. The zero-order valence-corrected chi connectivity index (χ0v) is 11.5. The van der Waals surface area contributed by atoms with E-state index in [0.717, 1.165) is 5.56 Å². The summed E-state index contributed by atoms with van der Waals surface area (Å²) in [6.45, 7) is 2.20. The summed E-state index contributed by atoms with van der Waals surface area (Å²) in [7, 11) is 0.